The van der Waals surface area contributed by atoms with Gasteiger partial charge >= 0.3 is 5.97 Å². The summed E-state index contributed by atoms with van der Waals surface area (Å²) in [4.78, 5) is 12.1. The number of aromatic nitrogens is 1. The van der Waals surface area contributed by atoms with Crippen LogP contribution in [0.25, 0.3) is 0 Å². The lowest BCUT2D eigenvalue weighted by molar-refractivity contribution is -0.697. The van der Waals surface area contributed by atoms with Gasteiger partial charge < -0.3 is 40.8 Å². The fraction of sp³-hybridized carbons (Fsp3) is 0.478. The van der Waals surface area contributed by atoms with E-state index < -0.39 is 5.79 Å². The first kappa shape index (κ1) is 25.7. The Morgan fingerprint density at radius 3 is 2.34 bits per heavy atom. The van der Waals surface area contributed by atoms with E-state index in [9.17, 15) is 4.79 Å². The molecule has 1 aromatic carbocycles. The van der Waals surface area contributed by atoms with Crippen LogP contribution in [0.2, 0.25) is 0 Å². The highest BCUT2D eigenvalue weighted by Gasteiger charge is 2.40. The standard InChI is InChI=1S/C23H30NO7.ClH/c1-23(17-13-19(26-2)22(28-4)20(14-17)27-3)30-16-18(31-23)15-29-21(25)9-8-12-24-10-6-5-7-11-24;/h5-7,10-11,13-14,18H,8-9,12,15-16H2,1-4H3;1H/q+1;/p-1. The molecule has 8 nitrogen and oxygen atoms in total. The number of methoxy groups -OCH3 is 3. The molecule has 2 atom stereocenters. The molecule has 176 valence electrons. The lowest BCUT2D eigenvalue weighted by atomic mass is 10.1. The van der Waals surface area contributed by atoms with Crippen LogP contribution in [0.3, 0.4) is 0 Å². The van der Waals surface area contributed by atoms with Crippen LogP contribution in [0.1, 0.15) is 25.3 Å². The summed E-state index contributed by atoms with van der Waals surface area (Å²) in [6, 6.07) is 9.45. The molecule has 1 fully saturated rings. The zero-order chi connectivity index (χ0) is 22.3. The maximum absolute atomic E-state index is 12.1. The van der Waals surface area contributed by atoms with Crippen LogP contribution in [0.4, 0.5) is 0 Å². The van der Waals surface area contributed by atoms with Crippen molar-refractivity contribution in [3.05, 3.63) is 48.3 Å². The summed E-state index contributed by atoms with van der Waals surface area (Å²) in [5.41, 5.74) is 0.718. The zero-order valence-electron chi connectivity index (χ0n) is 18.8. The zero-order valence-corrected chi connectivity index (χ0v) is 19.6. The van der Waals surface area contributed by atoms with Crippen LogP contribution in [0, 0.1) is 0 Å². The first-order valence-corrected chi connectivity index (χ1v) is 10.2. The Bertz CT molecular complexity index is 855. The highest BCUT2D eigenvalue weighted by molar-refractivity contribution is 5.69. The molecular weight excluding hydrogens is 438 g/mol. The number of esters is 1. The van der Waals surface area contributed by atoms with Crippen molar-refractivity contribution in [2.75, 3.05) is 34.5 Å². The summed E-state index contributed by atoms with van der Waals surface area (Å²) < 4.78 is 35.6. The van der Waals surface area contributed by atoms with Crippen LogP contribution in [0.15, 0.2) is 42.7 Å². The molecule has 1 aliphatic heterocycles. The average molecular weight is 468 g/mol. The Balaban J connectivity index is 0.00000363. The van der Waals surface area contributed by atoms with Gasteiger partial charge in [-0.2, -0.15) is 0 Å². The number of benzene rings is 1. The van der Waals surface area contributed by atoms with Crippen molar-refractivity contribution in [1.82, 2.24) is 0 Å². The average Bonchev–Trinajstić information content (AvgIpc) is 3.19. The molecule has 0 spiro atoms. The summed E-state index contributed by atoms with van der Waals surface area (Å²) in [6.45, 7) is 3.02. The Labute approximate surface area is 194 Å². The van der Waals surface area contributed by atoms with E-state index in [1.165, 1.54) is 0 Å². The molecule has 0 aliphatic carbocycles. The van der Waals surface area contributed by atoms with E-state index in [0.29, 0.717) is 36.7 Å². The molecule has 3 rings (SSSR count). The lowest BCUT2D eigenvalue weighted by Gasteiger charge is -2.25. The van der Waals surface area contributed by atoms with Gasteiger partial charge in [0.2, 0.25) is 5.75 Å². The maximum Gasteiger partial charge on any atom is 0.306 e. The first-order valence-electron chi connectivity index (χ1n) is 10.2. The molecule has 1 aromatic heterocycles. The molecule has 2 heterocycles. The lowest BCUT2D eigenvalue weighted by Crippen LogP contribution is -3.00. The van der Waals surface area contributed by atoms with E-state index in [-0.39, 0.29) is 31.1 Å². The van der Waals surface area contributed by atoms with E-state index in [1.807, 2.05) is 42.1 Å². The number of hydrogen-bond donors (Lipinski definition) is 0. The molecule has 0 N–H and O–H groups in total. The normalized spacial score (nSPS) is 19.7. The predicted molar refractivity (Wildman–Crippen MR) is 111 cm³/mol. The highest BCUT2D eigenvalue weighted by Crippen LogP contribution is 2.43. The molecule has 1 aliphatic rings. The second-order valence-corrected chi connectivity index (χ2v) is 7.31. The maximum atomic E-state index is 12.1. The number of nitrogens with zero attached hydrogens (tertiary/aromatic N) is 1. The van der Waals surface area contributed by atoms with Crippen molar-refractivity contribution in [3.63, 3.8) is 0 Å². The van der Waals surface area contributed by atoms with Crippen LogP contribution < -0.4 is 31.2 Å². The molecule has 2 unspecified atom stereocenters. The molecule has 9 heteroatoms. The first-order chi connectivity index (χ1) is 15.0. The van der Waals surface area contributed by atoms with E-state index in [4.69, 9.17) is 28.4 Å². The van der Waals surface area contributed by atoms with Crippen molar-refractivity contribution < 1.29 is 50.2 Å². The number of pyridine rings is 1. The number of aryl methyl sites for hydroxylation is 1. The summed E-state index contributed by atoms with van der Waals surface area (Å²) in [6.07, 6.45) is 4.63. The number of carbonyl (C=O) groups excluding carboxylic acids is 1. The van der Waals surface area contributed by atoms with Crippen LogP contribution in [-0.4, -0.2) is 46.6 Å². The SMILES string of the molecule is COc1cc(C2(C)OCC(COC(=O)CCC[n+]3ccccc3)O2)cc(OC)c1OC.[Cl-]. The number of halogens is 1. The van der Waals surface area contributed by atoms with E-state index in [1.54, 1.807) is 33.5 Å². The van der Waals surface area contributed by atoms with Gasteiger partial charge in [0, 0.05) is 24.1 Å². The smallest absolute Gasteiger partial charge is 0.306 e. The number of rotatable bonds is 10. The molecule has 1 saturated heterocycles. The fourth-order valence-electron chi connectivity index (χ4n) is 3.46. The van der Waals surface area contributed by atoms with Crippen LogP contribution >= 0.6 is 0 Å². The number of ether oxygens (including phenoxy) is 6. The van der Waals surface area contributed by atoms with Gasteiger partial charge in [-0.25, -0.2) is 4.57 Å². The van der Waals surface area contributed by atoms with E-state index in [2.05, 4.69) is 0 Å². The minimum atomic E-state index is -1.02. The molecule has 0 radical (unpaired) electrons. The third kappa shape index (κ3) is 6.25. The molecule has 0 bridgehead atoms. The van der Waals surface area contributed by atoms with Crippen LogP contribution in [-0.2, 0) is 31.3 Å². The number of hydrogen-bond acceptors (Lipinski definition) is 7. The summed E-state index contributed by atoms with van der Waals surface area (Å²) in [7, 11) is 4.66. The van der Waals surface area contributed by atoms with Gasteiger partial charge in [-0.3, -0.25) is 4.79 Å². The van der Waals surface area contributed by atoms with Gasteiger partial charge in [-0.15, -0.1) is 0 Å². The molecule has 32 heavy (non-hydrogen) atoms. The van der Waals surface area contributed by atoms with Crippen molar-refractivity contribution in [3.8, 4) is 17.2 Å². The molecule has 0 saturated carbocycles. The minimum absolute atomic E-state index is 0. The van der Waals surface area contributed by atoms with Crippen molar-refractivity contribution in [2.45, 2.75) is 38.2 Å². The summed E-state index contributed by atoms with van der Waals surface area (Å²) >= 11 is 0. The van der Waals surface area contributed by atoms with Crippen molar-refractivity contribution >= 4 is 5.97 Å². The molecule has 0 amide bonds. The van der Waals surface area contributed by atoms with E-state index >= 15 is 0 Å². The van der Waals surface area contributed by atoms with Gasteiger partial charge in [0.15, 0.2) is 29.7 Å². The van der Waals surface area contributed by atoms with E-state index in [0.717, 1.165) is 12.1 Å². The van der Waals surface area contributed by atoms with Gasteiger partial charge in [0.1, 0.15) is 19.3 Å². The summed E-state index contributed by atoms with van der Waals surface area (Å²) in [5.74, 6) is 0.248. The second kappa shape index (κ2) is 11.9. The summed E-state index contributed by atoms with van der Waals surface area (Å²) in [5, 5.41) is 0. The van der Waals surface area contributed by atoms with Gasteiger partial charge in [-0.1, -0.05) is 6.07 Å². The molecular formula is C23H30ClNO7. The quantitative estimate of drug-likeness (QED) is 0.348. The fourth-order valence-corrected chi connectivity index (χ4v) is 3.46. The predicted octanol–water partition coefficient (Wildman–Crippen LogP) is -0.384. The van der Waals surface area contributed by atoms with Gasteiger partial charge in [0.25, 0.3) is 0 Å². The third-order valence-corrected chi connectivity index (χ3v) is 5.13. The Morgan fingerprint density at radius 1 is 1.09 bits per heavy atom. The van der Waals surface area contributed by atoms with Gasteiger partial charge in [-0.05, 0) is 19.1 Å². The topological polar surface area (TPSA) is 76.3 Å². The van der Waals surface area contributed by atoms with Gasteiger partial charge in [0.05, 0.1) is 34.4 Å². The third-order valence-electron chi connectivity index (χ3n) is 5.13. The van der Waals surface area contributed by atoms with Crippen LogP contribution in [0.5, 0.6) is 17.2 Å². The largest absolute Gasteiger partial charge is 1.00 e. The minimum Gasteiger partial charge on any atom is -1.00 e. The number of carbonyl (C=O) groups is 1. The molecule has 2 aromatic rings. The Morgan fingerprint density at radius 2 is 1.75 bits per heavy atom. The highest BCUT2D eigenvalue weighted by atomic mass is 35.5. The monoisotopic (exact) mass is 467 g/mol. The van der Waals surface area contributed by atoms with Crippen molar-refractivity contribution in [2.24, 2.45) is 0 Å². The Hall–Kier alpha value is -2.55. The second-order valence-electron chi connectivity index (χ2n) is 7.31. The Kier molecular flexibility index (Phi) is 9.56. The van der Waals surface area contributed by atoms with Crippen molar-refractivity contribution in [1.29, 1.82) is 0 Å².